The van der Waals surface area contributed by atoms with Crippen LogP contribution in [0, 0.1) is 0 Å². The molecule has 1 aliphatic rings. The topological polar surface area (TPSA) is 34.2 Å². The maximum absolute atomic E-state index is 6.02. The highest BCUT2D eigenvalue weighted by atomic mass is 15.1. The van der Waals surface area contributed by atoms with Crippen LogP contribution >= 0.6 is 0 Å². The Morgan fingerprint density at radius 3 is 2.71 bits per heavy atom. The van der Waals surface area contributed by atoms with Gasteiger partial charge >= 0.3 is 0 Å². The third-order valence-corrected chi connectivity index (χ3v) is 3.76. The average molecular weight is 235 g/mol. The summed E-state index contributed by atoms with van der Waals surface area (Å²) in [6.45, 7) is 6.97. The van der Waals surface area contributed by atoms with Crippen LogP contribution in [0.15, 0.2) is 18.5 Å². The molecule has 1 aromatic heterocycles. The van der Waals surface area contributed by atoms with Crippen molar-refractivity contribution in [2.75, 3.05) is 19.6 Å². The van der Waals surface area contributed by atoms with Crippen molar-refractivity contribution in [1.82, 2.24) is 9.47 Å². The number of hydrogen-bond acceptors (Lipinski definition) is 2. The summed E-state index contributed by atoms with van der Waals surface area (Å²) in [6, 6.07) is 2.36. The molecule has 1 aliphatic heterocycles. The summed E-state index contributed by atoms with van der Waals surface area (Å²) in [5.41, 5.74) is 7.29. The van der Waals surface area contributed by atoms with E-state index >= 15 is 0 Å². The van der Waals surface area contributed by atoms with Gasteiger partial charge in [0.25, 0.3) is 0 Å². The maximum atomic E-state index is 6.02. The zero-order valence-corrected chi connectivity index (χ0v) is 10.9. The first-order chi connectivity index (χ1) is 8.29. The molecule has 0 bridgehead atoms. The van der Waals surface area contributed by atoms with Crippen LogP contribution in [-0.2, 0) is 6.54 Å². The number of rotatable bonds is 5. The van der Waals surface area contributed by atoms with E-state index < -0.39 is 0 Å². The summed E-state index contributed by atoms with van der Waals surface area (Å²) in [5.74, 6) is 0. The molecule has 96 valence electrons. The van der Waals surface area contributed by atoms with Crippen molar-refractivity contribution in [3.8, 4) is 0 Å². The number of piperidine rings is 1. The molecule has 3 nitrogen and oxygen atoms in total. The molecule has 3 heteroatoms. The second-order valence-corrected chi connectivity index (χ2v) is 5.10. The molecule has 1 aromatic rings. The highest BCUT2D eigenvalue weighted by Gasteiger charge is 2.10. The molecule has 17 heavy (non-hydrogen) atoms. The summed E-state index contributed by atoms with van der Waals surface area (Å²) in [6.07, 6.45) is 9.54. The van der Waals surface area contributed by atoms with Gasteiger partial charge in [-0.3, -0.25) is 0 Å². The molecule has 1 unspecified atom stereocenters. The summed E-state index contributed by atoms with van der Waals surface area (Å²) < 4.78 is 2.28. The summed E-state index contributed by atoms with van der Waals surface area (Å²) in [5, 5.41) is 0. The predicted molar refractivity (Wildman–Crippen MR) is 71.9 cm³/mol. The largest absolute Gasteiger partial charge is 0.353 e. The Kier molecular flexibility index (Phi) is 4.63. The number of likely N-dealkylation sites (tertiary alicyclic amines) is 1. The first-order valence-corrected chi connectivity index (χ1v) is 6.93. The van der Waals surface area contributed by atoms with Gasteiger partial charge in [-0.2, -0.15) is 0 Å². The molecule has 2 N–H and O–H groups in total. The van der Waals surface area contributed by atoms with E-state index in [4.69, 9.17) is 5.73 Å². The zero-order valence-electron chi connectivity index (χ0n) is 10.9. The van der Waals surface area contributed by atoms with Gasteiger partial charge in [-0.05, 0) is 44.0 Å². The fourth-order valence-corrected chi connectivity index (χ4v) is 2.49. The molecule has 0 radical (unpaired) electrons. The molecule has 0 aromatic carbocycles. The molecular weight excluding hydrogens is 210 g/mol. The number of nitrogens with two attached hydrogens (primary N) is 1. The summed E-state index contributed by atoms with van der Waals surface area (Å²) >= 11 is 0. The van der Waals surface area contributed by atoms with Crippen molar-refractivity contribution in [2.24, 2.45) is 5.73 Å². The van der Waals surface area contributed by atoms with Crippen molar-refractivity contribution < 1.29 is 0 Å². The quantitative estimate of drug-likeness (QED) is 0.850. The Morgan fingerprint density at radius 2 is 2.00 bits per heavy atom. The first-order valence-electron chi connectivity index (χ1n) is 6.93. The van der Waals surface area contributed by atoms with Crippen LogP contribution in [0.25, 0.3) is 0 Å². The van der Waals surface area contributed by atoms with Gasteiger partial charge in [0.2, 0.25) is 0 Å². The van der Waals surface area contributed by atoms with Crippen LogP contribution in [0.1, 0.15) is 44.2 Å². The average Bonchev–Trinajstić information content (AvgIpc) is 2.85. The highest BCUT2D eigenvalue weighted by Crippen LogP contribution is 2.14. The smallest absolute Gasteiger partial charge is 0.0347 e. The molecule has 1 atom stereocenters. The van der Waals surface area contributed by atoms with E-state index in [1.807, 2.05) is 0 Å². The molecule has 0 saturated carbocycles. The molecule has 1 saturated heterocycles. The van der Waals surface area contributed by atoms with Gasteiger partial charge in [0, 0.05) is 31.5 Å². The molecule has 2 rings (SSSR count). The fourth-order valence-electron chi connectivity index (χ4n) is 2.49. The Morgan fingerprint density at radius 1 is 1.24 bits per heavy atom. The standard InChI is InChI=1S/C14H25N3/c1-2-14(15)13-6-9-17(12-13)11-10-16-7-4-3-5-8-16/h6,9,12,14H,2-5,7-8,10-11,15H2,1H3. The minimum atomic E-state index is 0.200. The van der Waals surface area contributed by atoms with E-state index in [0.29, 0.717) is 0 Å². The Hall–Kier alpha value is -0.800. The maximum Gasteiger partial charge on any atom is 0.0347 e. The Labute approximate surface area is 105 Å². The predicted octanol–water partition coefficient (Wildman–Crippen LogP) is 2.38. The van der Waals surface area contributed by atoms with Crippen LogP contribution in [-0.4, -0.2) is 29.1 Å². The minimum Gasteiger partial charge on any atom is -0.353 e. The number of nitrogens with zero attached hydrogens (tertiary/aromatic N) is 2. The lowest BCUT2D eigenvalue weighted by Crippen LogP contribution is -2.32. The van der Waals surface area contributed by atoms with Gasteiger partial charge < -0.3 is 15.2 Å². The van der Waals surface area contributed by atoms with E-state index in [1.165, 1.54) is 44.5 Å². The van der Waals surface area contributed by atoms with E-state index in [2.05, 4.69) is 34.9 Å². The van der Waals surface area contributed by atoms with E-state index in [-0.39, 0.29) is 6.04 Å². The van der Waals surface area contributed by atoms with Gasteiger partial charge in [0.1, 0.15) is 0 Å². The van der Waals surface area contributed by atoms with Crippen LogP contribution in [0.5, 0.6) is 0 Å². The molecule has 0 spiro atoms. The van der Waals surface area contributed by atoms with Crippen molar-refractivity contribution in [3.05, 3.63) is 24.0 Å². The third kappa shape index (κ3) is 3.58. The van der Waals surface area contributed by atoms with Gasteiger partial charge in [-0.1, -0.05) is 13.3 Å². The Bertz CT molecular complexity index is 326. The lowest BCUT2D eigenvalue weighted by molar-refractivity contribution is 0.221. The SMILES string of the molecule is CCC(N)c1ccn(CCN2CCCCC2)c1. The molecule has 0 amide bonds. The third-order valence-electron chi connectivity index (χ3n) is 3.76. The van der Waals surface area contributed by atoms with Crippen molar-refractivity contribution in [3.63, 3.8) is 0 Å². The summed E-state index contributed by atoms with van der Waals surface area (Å²) in [7, 11) is 0. The second kappa shape index (κ2) is 6.22. The monoisotopic (exact) mass is 235 g/mol. The van der Waals surface area contributed by atoms with Crippen LogP contribution in [0.2, 0.25) is 0 Å². The van der Waals surface area contributed by atoms with Crippen LogP contribution in [0.3, 0.4) is 0 Å². The summed E-state index contributed by atoms with van der Waals surface area (Å²) in [4.78, 5) is 2.57. The van der Waals surface area contributed by atoms with E-state index in [1.54, 1.807) is 0 Å². The lowest BCUT2D eigenvalue weighted by atomic mass is 10.1. The molecule has 1 fully saturated rings. The second-order valence-electron chi connectivity index (χ2n) is 5.10. The highest BCUT2D eigenvalue weighted by molar-refractivity contribution is 5.14. The van der Waals surface area contributed by atoms with Gasteiger partial charge in [0.15, 0.2) is 0 Å². The van der Waals surface area contributed by atoms with Gasteiger partial charge in [-0.15, -0.1) is 0 Å². The van der Waals surface area contributed by atoms with Gasteiger partial charge in [-0.25, -0.2) is 0 Å². The number of aromatic nitrogens is 1. The molecule has 0 aliphatic carbocycles. The molecular formula is C14H25N3. The van der Waals surface area contributed by atoms with E-state index in [0.717, 1.165) is 13.0 Å². The molecule has 2 heterocycles. The van der Waals surface area contributed by atoms with Crippen molar-refractivity contribution in [1.29, 1.82) is 0 Å². The Balaban J connectivity index is 1.80. The van der Waals surface area contributed by atoms with Crippen molar-refractivity contribution in [2.45, 2.75) is 45.2 Å². The van der Waals surface area contributed by atoms with Gasteiger partial charge in [0.05, 0.1) is 0 Å². The minimum absolute atomic E-state index is 0.200. The van der Waals surface area contributed by atoms with Crippen LogP contribution < -0.4 is 5.73 Å². The normalized spacial score (nSPS) is 19.4. The zero-order chi connectivity index (χ0) is 12.1. The first kappa shape index (κ1) is 12.7. The number of hydrogen-bond donors (Lipinski definition) is 1. The fraction of sp³-hybridized carbons (Fsp3) is 0.714. The van der Waals surface area contributed by atoms with Crippen LogP contribution in [0.4, 0.5) is 0 Å². The van der Waals surface area contributed by atoms with Crippen molar-refractivity contribution >= 4 is 0 Å². The van der Waals surface area contributed by atoms with E-state index in [9.17, 15) is 0 Å². The lowest BCUT2D eigenvalue weighted by Gasteiger charge is -2.26.